The van der Waals surface area contributed by atoms with Crippen molar-refractivity contribution >= 4 is 20.9 Å². The molecule has 5 nitrogen and oxygen atoms in total. The number of sulfonamides is 1. The lowest BCUT2D eigenvalue weighted by Gasteiger charge is -2.04. The first-order valence-corrected chi connectivity index (χ1v) is 7.89. The zero-order valence-electron chi connectivity index (χ0n) is 11.3. The van der Waals surface area contributed by atoms with Crippen LogP contribution in [-0.4, -0.2) is 33.3 Å². The van der Waals surface area contributed by atoms with Gasteiger partial charge in [-0.2, -0.15) is 0 Å². The number of aromatic amines is 1. The fourth-order valence-electron chi connectivity index (χ4n) is 2.17. The Bertz CT molecular complexity index is 689. The molecule has 1 aromatic carbocycles. The monoisotopic (exact) mass is 282 g/mol. The van der Waals surface area contributed by atoms with Crippen LogP contribution in [0.2, 0.25) is 0 Å². The van der Waals surface area contributed by atoms with Crippen LogP contribution in [0.25, 0.3) is 10.9 Å². The summed E-state index contributed by atoms with van der Waals surface area (Å²) in [4.78, 5) is 3.29. The zero-order valence-corrected chi connectivity index (χ0v) is 12.1. The smallest absolute Gasteiger partial charge is 0.208 e. The summed E-state index contributed by atoms with van der Waals surface area (Å²) in [6, 6.07) is 5.83. The van der Waals surface area contributed by atoms with E-state index in [1.165, 1.54) is 0 Å². The Balaban J connectivity index is 2.28. The van der Waals surface area contributed by atoms with E-state index in [1.54, 1.807) is 7.11 Å². The van der Waals surface area contributed by atoms with Gasteiger partial charge in [-0.25, -0.2) is 13.1 Å². The molecule has 0 saturated heterocycles. The standard InChI is InChI=1S/C13H18N2O3S/c1-9-11(6-7-14-19(3,16)17)12-8-10(18-2)4-5-13(12)15-9/h4-5,8,14-15H,6-7H2,1-3H3. The zero-order chi connectivity index (χ0) is 14.0. The quantitative estimate of drug-likeness (QED) is 0.874. The minimum absolute atomic E-state index is 0.393. The second kappa shape index (κ2) is 5.22. The summed E-state index contributed by atoms with van der Waals surface area (Å²) in [5.41, 5.74) is 3.20. The highest BCUT2D eigenvalue weighted by Gasteiger charge is 2.10. The van der Waals surface area contributed by atoms with Crippen LogP contribution in [0.5, 0.6) is 5.75 Å². The fraction of sp³-hybridized carbons (Fsp3) is 0.385. The number of benzene rings is 1. The van der Waals surface area contributed by atoms with Gasteiger partial charge in [0.25, 0.3) is 0 Å². The van der Waals surface area contributed by atoms with Gasteiger partial charge in [0, 0.05) is 23.1 Å². The van der Waals surface area contributed by atoms with E-state index < -0.39 is 10.0 Å². The van der Waals surface area contributed by atoms with Crippen molar-refractivity contribution in [1.29, 1.82) is 0 Å². The van der Waals surface area contributed by atoms with Crippen molar-refractivity contribution in [1.82, 2.24) is 9.71 Å². The third-order valence-corrected chi connectivity index (χ3v) is 3.79. The summed E-state index contributed by atoms with van der Waals surface area (Å²) >= 11 is 0. The van der Waals surface area contributed by atoms with Crippen LogP contribution < -0.4 is 9.46 Å². The van der Waals surface area contributed by atoms with Crippen molar-refractivity contribution in [3.63, 3.8) is 0 Å². The van der Waals surface area contributed by atoms with Crippen molar-refractivity contribution in [2.24, 2.45) is 0 Å². The molecule has 2 aromatic rings. The molecule has 0 radical (unpaired) electrons. The molecule has 0 unspecified atom stereocenters. The molecule has 104 valence electrons. The molecule has 1 heterocycles. The van der Waals surface area contributed by atoms with Gasteiger partial charge in [0.1, 0.15) is 5.75 Å². The first-order valence-electron chi connectivity index (χ1n) is 6.00. The van der Waals surface area contributed by atoms with E-state index in [1.807, 2.05) is 25.1 Å². The summed E-state index contributed by atoms with van der Waals surface area (Å²) in [5, 5.41) is 1.08. The van der Waals surface area contributed by atoms with Crippen LogP contribution in [0.4, 0.5) is 0 Å². The first kappa shape index (κ1) is 13.9. The normalized spacial score (nSPS) is 11.9. The molecular formula is C13H18N2O3S. The molecule has 0 aliphatic rings. The minimum atomic E-state index is -3.14. The minimum Gasteiger partial charge on any atom is -0.497 e. The van der Waals surface area contributed by atoms with Crippen molar-refractivity contribution in [3.05, 3.63) is 29.5 Å². The Morgan fingerprint density at radius 1 is 1.37 bits per heavy atom. The lowest BCUT2D eigenvalue weighted by Crippen LogP contribution is -2.24. The van der Waals surface area contributed by atoms with Crippen molar-refractivity contribution in [3.8, 4) is 5.75 Å². The maximum absolute atomic E-state index is 11.1. The molecule has 2 N–H and O–H groups in total. The van der Waals surface area contributed by atoms with Crippen LogP contribution in [0, 0.1) is 6.92 Å². The van der Waals surface area contributed by atoms with E-state index in [-0.39, 0.29) is 0 Å². The lowest BCUT2D eigenvalue weighted by atomic mass is 10.1. The Kier molecular flexibility index (Phi) is 3.82. The largest absolute Gasteiger partial charge is 0.497 e. The Morgan fingerprint density at radius 3 is 2.74 bits per heavy atom. The third-order valence-electron chi connectivity index (χ3n) is 3.07. The molecule has 1 aromatic heterocycles. The highest BCUT2D eigenvalue weighted by molar-refractivity contribution is 7.88. The van der Waals surface area contributed by atoms with Crippen molar-refractivity contribution < 1.29 is 13.2 Å². The van der Waals surface area contributed by atoms with E-state index in [0.717, 1.165) is 34.2 Å². The number of aromatic nitrogens is 1. The summed E-state index contributed by atoms with van der Waals surface area (Å²) in [6.45, 7) is 2.38. The number of aryl methyl sites for hydroxylation is 1. The molecule has 0 fully saturated rings. The molecule has 0 atom stereocenters. The van der Waals surface area contributed by atoms with E-state index in [0.29, 0.717) is 13.0 Å². The van der Waals surface area contributed by atoms with Gasteiger partial charge < -0.3 is 9.72 Å². The number of methoxy groups -OCH3 is 1. The lowest BCUT2D eigenvalue weighted by molar-refractivity contribution is 0.415. The Labute approximate surface area is 113 Å². The van der Waals surface area contributed by atoms with Gasteiger partial charge in [-0.05, 0) is 37.1 Å². The van der Waals surface area contributed by atoms with Crippen LogP contribution in [0.3, 0.4) is 0 Å². The summed E-state index contributed by atoms with van der Waals surface area (Å²) in [5.74, 6) is 0.795. The molecule has 0 aliphatic heterocycles. The third kappa shape index (κ3) is 3.27. The predicted molar refractivity (Wildman–Crippen MR) is 76.1 cm³/mol. The summed E-state index contributed by atoms with van der Waals surface area (Å²) < 4.78 is 29.9. The number of ether oxygens (including phenoxy) is 1. The molecule has 0 amide bonds. The molecule has 0 aliphatic carbocycles. The Hall–Kier alpha value is -1.53. The van der Waals surface area contributed by atoms with Crippen molar-refractivity contribution in [2.75, 3.05) is 19.9 Å². The van der Waals surface area contributed by atoms with Gasteiger partial charge in [-0.15, -0.1) is 0 Å². The summed E-state index contributed by atoms with van der Waals surface area (Å²) in [7, 11) is -1.51. The average Bonchev–Trinajstić information content (AvgIpc) is 2.63. The number of fused-ring (bicyclic) bond motifs is 1. The molecule has 0 spiro atoms. The van der Waals surface area contributed by atoms with Crippen LogP contribution in [0.1, 0.15) is 11.3 Å². The molecule has 0 bridgehead atoms. The molecule has 19 heavy (non-hydrogen) atoms. The maximum atomic E-state index is 11.1. The molecular weight excluding hydrogens is 264 g/mol. The number of hydrogen-bond donors (Lipinski definition) is 2. The van der Waals surface area contributed by atoms with Crippen molar-refractivity contribution in [2.45, 2.75) is 13.3 Å². The SMILES string of the molecule is COc1ccc2[nH]c(C)c(CCNS(C)(=O)=O)c2c1. The number of hydrogen-bond acceptors (Lipinski definition) is 3. The highest BCUT2D eigenvalue weighted by Crippen LogP contribution is 2.26. The number of H-pyrrole nitrogens is 1. The molecule has 2 rings (SSSR count). The Morgan fingerprint density at radius 2 is 2.11 bits per heavy atom. The van der Waals surface area contributed by atoms with Crippen LogP contribution in [0.15, 0.2) is 18.2 Å². The highest BCUT2D eigenvalue weighted by atomic mass is 32.2. The number of rotatable bonds is 5. The van der Waals surface area contributed by atoms with Crippen LogP contribution in [-0.2, 0) is 16.4 Å². The van der Waals surface area contributed by atoms with E-state index in [4.69, 9.17) is 4.74 Å². The van der Waals surface area contributed by atoms with Gasteiger partial charge in [-0.1, -0.05) is 0 Å². The summed E-state index contributed by atoms with van der Waals surface area (Å²) in [6.07, 6.45) is 1.81. The van der Waals surface area contributed by atoms with E-state index >= 15 is 0 Å². The van der Waals surface area contributed by atoms with E-state index in [9.17, 15) is 8.42 Å². The first-order chi connectivity index (χ1) is 8.90. The molecule has 6 heteroatoms. The predicted octanol–water partition coefficient (Wildman–Crippen LogP) is 1.58. The number of nitrogens with one attached hydrogen (secondary N) is 2. The maximum Gasteiger partial charge on any atom is 0.208 e. The second-order valence-electron chi connectivity index (χ2n) is 4.56. The van der Waals surface area contributed by atoms with Gasteiger partial charge in [0.05, 0.1) is 13.4 Å². The van der Waals surface area contributed by atoms with Gasteiger partial charge in [-0.3, -0.25) is 0 Å². The fourth-order valence-corrected chi connectivity index (χ4v) is 2.64. The average molecular weight is 282 g/mol. The topological polar surface area (TPSA) is 71.2 Å². The van der Waals surface area contributed by atoms with Gasteiger partial charge in [0.15, 0.2) is 0 Å². The molecule has 0 saturated carbocycles. The van der Waals surface area contributed by atoms with Crippen LogP contribution >= 0.6 is 0 Å². The van der Waals surface area contributed by atoms with Gasteiger partial charge >= 0.3 is 0 Å². The van der Waals surface area contributed by atoms with E-state index in [2.05, 4.69) is 9.71 Å². The second-order valence-corrected chi connectivity index (χ2v) is 6.39. The van der Waals surface area contributed by atoms with Gasteiger partial charge in [0.2, 0.25) is 10.0 Å².